The molecule has 170 valence electrons. The van der Waals surface area contributed by atoms with Gasteiger partial charge in [-0.15, -0.1) is 0 Å². The van der Waals surface area contributed by atoms with Gasteiger partial charge >= 0.3 is 0 Å². The van der Waals surface area contributed by atoms with Crippen molar-refractivity contribution >= 4 is 33.4 Å². The van der Waals surface area contributed by atoms with E-state index in [1.54, 1.807) is 46.2 Å². The zero-order valence-corrected chi connectivity index (χ0v) is 19.9. The van der Waals surface area contributed by atoms with Crippen molar-refractivity contribution in [2.24, 2.45) is 0 Å². The number of carbonyl (C=O) groups is 1. The highest BCUT2D eigenvalue weighted by molar-refractivity contribution is 8.00. The van der Waals surface area contributed by atoms with Gasteiger partial charge in [-0.2, -0.15) is 0 Å². The highest BCUT2D eigenvalue weighted by atomic mass is 32.2. The van der Waals surface area contributed by atoms with Gasteiger partial charge in [0, 0.05) is 29.8 Å². The van der Waals surface area contributed by atoms with E-state index in [-0.39, 0.29) is 16.8 Å². The van der Waals surface area contributed by atoms with Crippen LogP contribution in [-0.4, -0.2) is 42.3 Å². The van der Waals surface area contributed by atoms with Crippen LogP contribution in [0.25, 0.3) is 5.69 Å². The molecule has 0 saturated heterocycles. The average molecular weight is 475 g/mol. The lowest BCUT2D eigenvalue weighted by molar-refractivity contribution is -0.115. The molecule has 0 aliphatic heterocycles. The summed E-state index contributed by atoms with van der Waals surface area (Å²) in [7, 11) is -1.96. The Morgan fingerprint density at radius 2 is 1.72 bits per heavy atom. The van der Waals surface area contributed by atoms with Crippen molar-refractivity contribution in [1.82, 2.24) is 14.3 Å². The van der Waals surface area contributed by atoms with Crippen LogP contribution < -0.4 is 14.8 Å². The van der Waals surface area contributed by atoms with Crippen LogP contribution in [0.3, 0.4) is 0 Å². The van der Waals surface area contributed by atoms with Gasteiger partial charge < -0.3 is 10.1 Å². The summed E-state index contributed by atoms with van der Waals surface area (Å²) in [4.78, 5) is 17.2. The number of amides is 1. The number of hydrogen-bond acceptors (Lipinski definition) is 6. The number of thioether (sulfide) groups is 1. The molecular formula is C22H26N4O4S2. The van der Waals surface area contributed by atoms with Crippen LogP contribution >= 0.6 is 11.8 Å². The highest BCUT2D eigenvalue weighted by Crippen LogP contribution is 2.26. The van der Waals surface area contributed by atoms with Crippen LogP contribution in [0.5, 0.6) is 5.75 Å². The molecule has 8 nitrogen and oxygen atoms in total. The van der Waals surface area contributed by atoms with E-state index in [0.29, 0.717) is 10.8 Å². The number of methoxy groups -OCH3 is 1. The molecule has 1 aromatic heterocycles. The summed E-state index contributed by atoms with van der Waals surface area (Å²) in [5, 5.41) is 3.07. The van der Waals surface area contributed by atoms with Crippen molar-refractivity contribution < 1.29 is 17.9 Å². The van der Waals surface area contributed by atoms with E-state index in [9.17, 15) is 13.2 Å². The minimum absolute atomic E-state index is 0.146. The summed E-state index contributed by atoms with van der Waals surface area (Å²) >= 11 is 1.33. The summed E-state index contributed by atoms with van der Waals surface area (Å²) in [6.45, 7) is 5.30. The quantitative estimate of drug-likeness (QED) is 0.459. The van der Waals surface area contributed by atoms with Gasteiger partial charge in [-0.25, -0.2) is 18.1 Å². The molecule has 10 heteroatoms. The summed E-state index contributed by atoms with van der Waals surface area (Å²) in [5.41, 5.74) is 1.43. The lowest BCUT2D eigenvalue weighted by Crippen LogP contribution is -2.30. The van der Waals surface area contributed by atoms with E-state index in [4.69, 9.17) is 4.74 Å². The first kappa shape index (κ1) is 23.8. The fraction of sp³-hybridized carbons (Fsp3) is 0.273. The third-order valence-corrected chi connectivity index (χ3v) is 7.19. The predicted molar refractivity (Wildman–Crippen MR) is 126 cm³/mol. The Labute approximate surface area is 192 Å². The number of benzene rings is 2. The first-order valence-electron chi connectivity index (χ1n) is 9.97. The Kier molecular flexibility index (Phi) is 7.60. The molecule has 0 saturated carbocycles. The lowest BCUT2D eigenvalue weighted by atomic mass is 10.3. The van der Waals surface area contributed by atoms with Crippen molar-refractivity contribution in [2.75, 3.05) is 12.4 Å². The largest absolute Gasteiger partial charge is 0.497 e. The zero-order valence-electron chi connectivity index (χ0n) is 18.3. The number of rotatable bonds is 9. The van der Waals surface area contributed by atoms with Gasteiger partial charge in [0.2, 0.25) is 15.9 Å². The maximum Gasteiger partial charge on any atom is 0.240 e. The smallest absolute Gasteiger partial charge is 0.240 e. The molecule has 0 aliphatic carbocycles. The van der Waals surface area contributed by atoms with Gasteiger partial charge in [0.15, 0.2) is 5.16 Å². The minimum atomic E-state index is -3.58. The second kappa shape index (κ2) is 10.2. The summed E-state index contributed by atoms with van der Waals surface area (Å²) in [6.07, 6.45) is 3.51. The number of carbonyl (C=O) groups excluding carboxylic acids is 1. The van der Waals surface area contributed by atoms with E-state index in [1.165, 1.54) is 23.9 Å². The summed E-state index contributed by atoms with van der Waals surface area (Å²) in [6, 6.07) is 13.4. The number of imidazole rings is 1. The molecule has 0 radical (unpaired) electrons. The van der Waals surface area contributed by atoms with Crippen LogP contribution in [0.2, 0.25) is 0 Å². The first-order chi connectivity index (χ1) is 15.2. The molecule has 0 fully saturated rings. The van der Waals surface area contributed by atoms with Crippen LogP contribution in [0, 0.1) is 0 Å². The predicted octanol–water partition coefficient (Wildman–Crippen LogP) is 3.69. The molecule has 3 rings (SSSR count). The summed E-state index contributed by atoms with van der Waals surface area (Å²) in [5.74, 6) is 0.546. The van der Waals surface area contributed by atoms with Crippen molar-refractivity contribution in [3.05, 3.63) is 60.9 Å². The molecule has 32 heavy (non-hydrogen) atoms. The molecule has 1 heterocycles. The third-order valence-electron chi connectivity index (χ3n) is 4.43. The van der Waals surface area contributed by atoms with Crippen LogP contribution in [0.1, 0.15) is 20.8 Å². The number of nitrogens with one attached hydrogen (secondary N) is 2. The Balaban J connectivity index is 1.65. The van der Waals surface area contributed by atoms with Gasteiger partial charge in [0.05, 0.1) is 17.3 Å². The molecule has 3 aromatic rings. The van der Waals surface area contributed by atoms with Crippen molar-refractivity contribution in [1.29, 1.82) is 0 Å². The van der Waals surface area contributed by atoms with Crippen LogP contribution in [-0.2, 0) is 14.8 Å². The number of aromatic nitrogens is 2. The lowest BCUT2D eigenvalue weighted by Gasteiger charge is -2.14. The molecule has 0 spiro atoms. The number of ether oxygens (including phenoxy) is 1. The number of nitrogens with zero attached hydrogens (tertiary/aromatic N) is 2. The maximum atomic E-state index is 12.7. The Bertz CT molecular complexity index is 1160. The number of sulfonamides is 1. The van der Waals surface area contributed by atoms with Gasteiger partial charge in [-0.05, 0) is 69.3 Å². The van der Waals surface area contributed by atoms with Gasteiger partial charge in [-0.1, -0.05) is 11.8 Å². The van der Waals surface area contributed by atoms with Gasteiger partial charge in [0.25, 0.3) is 0 Å². The molecule has 1 unspecified atom stereocenters. The minimum Gasteiger partial charge on any atom is -0.497 e. The van der Waals surface area contributed by atoms with Gasteiger partial charge in [-0.3, -0.25) is 9.36 Å². The molecule has 1 atom stereocenters. The molecular weight excluding hydrogens is 448 g/mol. The fourth-order valence-electron chi connectivity index (χ4n) is 2.87. The third kappa shape index (κ3) is 5.90. The molecule has 2 N–H and O–H groups in total. The topological polar surface area (TPSA) is 102 Å². The van der Waals surface area contributed by atoms with Crippen LogP contribution in [0.15, 0.2) is 71.0 Å². The SMILES string of the molecule is COc1ccc(-n2ccnc2SC(C)C(=O)Nc2ccc(S(=O)(=O)NC(C)C)cc2)cc1. The van der Waals surface area contributed by atoms with E-state index < -0.39 is 15.3 Å². The Hall–Kier alpha value is -2.82. The molecule has 2 aromatic carbocycles. The fourth-order valence-corrected chi connectivity index (χ4v) is 5.00. The average Bonchev–Trinajstić information content (AvgIpc) is 3.21. The molecule has 1 amide bonds. The summed E-state index contributed by atoms with van der Waals surface area (Å²) < 4.78 is 34.1. The monoisotopic (exact) mass is 474 g/mol. The molecule has 0 aliphatic rings. The van der Waals surface area contributed by atoms with Gasteiger partial charge in [0.1, 0.15) is 5.75 Å². The highest BCUT2D eigenvalue weighted by Gasteiger charge is 2.19. The Morgan fingerprint density at radius 3 is 2.31 bits per heavy atom. The maximum absolute atomic E-state index is 12.7. The standard InChI is InChI=1S/C22H26N4O4S2/c1-15(2)25-32(28,29)20-11-5-17(6-12-20)24-21(27)16(3)31-22-23-13-14-26(22)18-7-9-19(30-4)10-8-18/h5-16,25H,1-4H3,(H,24,27). The van der Waals surface area contributed by atoms with E-state index in [2.05, 4.69) is 15.0 Å². The van der Waals surface area contributed by atoms with E-state index in [0.717, 1.165) is 11.4 Å². The second-order valence-electron chi connectivity index (χ2n) is 7.33. The zero-order chi connectivity index (χ0) is 23.3. The van der Waals surface area contributed by atoms with Crippen molar-refractivity contribution in [3.63, 3.8) is 0 Å². The van der Waals surface area contributed by atoms with Crippen molar-refractivity contribution in [2.45, 2.75) is 42.1 Å². The normalized spacial score (nSPS) is 12.5. The van der Waals surface area contributed by atoms with Crippen LogP contribution in [0.4, 0.5) is 5.69 Å². The number of hydrogen-bond donors (Lipinski definition) is 2. The van der Waals surface area contributed by atoms with E-state index >= 15 is 0 Å². The first-order valence-corrected chi connectivity index (χ1v) is 12.3. The van der Waals surface area contributed by atoms with Crippen molar-refractivity contribution in [3.8, 4) is 11.4 Å². The second-order valence-corrected chi connectivity index (χ2v) is 10.3. The number of anilines is 1. The van der Waals surface area contributed by atoms with E-state index in [1.807, 2.05) is 35.0 Å². The Morgan fingerprint density at radius 1 is 1.06 bits per heavy atom. The molecule has 0 bridgehead atoms.